The molecular weight excluding hydrogens is 505 g/mol. The molecule has 0 saturated heterocycles. The lowest BCUT2D eigenvalue weighted by Gasteiger charge is -2.34. The number of nitrogens with zero attached hydrogens (tertiary/aromatic N) is 2. The summed E-state index contributed by atoms with van der Waals surface area (Å²) in [4.78, 5) is 28.4. The van der Waals surface area contributed by atoms with Gasteiger partial charge >= 0.3 is 0 Å². The maximum absolute atomic E-state index is 14.5. The van der Waals surface area contributed by atoms with Crippen LogP contribution in [0.2, 0.25) is 5.02 Å². The number of anilines is 1. The minimum atomic E-state index is -4.01. The van der Waals surface area contributed by atoms with Crippen LogP contribution in [-0.4, -0.2) is 50.0 Å². The largest absolute Gasteiger partial charge is 0.352 e. The van der Waals surface area contributed by atoms with Gasteiger partial charge in [0, 0.05) is 17.6 Å². The van der Waals surface area contributed by atoms with E-state index < -0.39 is 34.3 Å². The number of halogens is 2. The zero-order chi connectivity index (χ0) is 26.3. The van der Waals surface area contributed by atoms with Crippen molar-refractivity contribution >= 4 is 39.1 Å². The first-order valence-electron chi connectivity index (χ1n) is 12.2. The summed E-state index contributed by atoms with van der Waals surface area (Å²) in [5, 5.41) is 3.50. The van der Waals surface area contributed by atoms with Crippen molar-refractivity contribution in [2.24, 2.45) is 0 Å². The van der Waals surface area contributed by atoms with Crippen LogP contribution in [0, 0.1) is 5.82 Å². The van der Waals surface area contributed by atoms with Crippen molar-refractivity contribution in [1.29, 1.82) is 0 Å². The molecule has 0 heterocycles. The summed E-state index contributed by atoms with van der Waals surface area (Å²) in [6.45, 7) is 1.14. The van der Waals surface area contributed by atoms with Gasteiger partial charge in [0.15, 0.2) is 0 Å². The topological polar surface area (TPSA) is 86.8 Å². The van der Waals surface area contributed by atoms with Crippen LogP contribution in [0.25, 0.3) is 0 Å². The molecule has 0 aliphatic heterocycles. The Morgan fingerprint density at radius 1 is 1.08 bits per heavy atom. The van der Waals surface area contributed by atoms with E-state index in [-0.39, 0.29) is 24.2 Å². The van der Waals surface area contributed by atoms with Crippen LogP contribution in [0.5, 0.6) is 0 Å². The van der Waals surface area contributed by atoms with Crippen molar-refractivity contribution in [3.8, 4) is 0 Å². The van der Waals surface area contributed by atoms with Crippen LogP contribution >= 0.6 is 11.6 Å². The quantitative estimate of drug-likeness (QED) is 0.483. The van der Waals surface area contributed by atoms with Gasteiger partial charge in [-0.1, -0.05) is 68.1 Å². The summed E-state index contributed by atoms with van der Waals surface area (Å²) in [5.74, 6) is -1.69. The minimum Gasteiger partial charge on any atom is -0.352 e. The Balaban J connectivity index is 1.93. The molecule has 3 rings (SSSR count). The number of carbonyl (C=O) groups is 2. The number of benzene rings is 2. The highest BCUT2D eigenvalue weighted by Gasteiger charge is 2.33. The van der Waals surface area contributed by atoms with Gasteiger partial charge in [0.1, 0.15) is 18.4 Å². The average molecular weight is 538 g/mol. The van der Waals surface area contributed by atoms with Gasteiger partial charge in [-0.05, 0) is 43.0 Å². The maximum atomic E-state index is 14.5. The average Bonchev–Trinajstić information content (AvgIpc) is 2.84. The van der Waals surface area contributed by atoms with Crippen molar-refractivity contribution in [2.45, 2.75) is 64.1 Å². The fourth-order valence-corrected chi connectivity index (χ4v) is 5.57. The van der Waals surface area contributed by atoms with Crippen LogP contribution < -0.4 is 9.62 Å². The smallest absolute Gasteiger partial charge is 0.244 e. The highest BCUT2D eigenvalue weighted by atomic mass is 35.5. The molecule has 7 nitrogen and oxygen atoms in total. The summed E-state index contributed by atoms with van der Waals surface area (Å²) < 4.78 is 40.4. The highest BCUT2D eigenvalue weighted by Crippen LogP contribution is 2.24. The van der Waals surface area contributed by atoms with E-state index in [0.717, 1.165) is 48.7 Å². The Kier molecular flexibility index (Phi) is 9.73. The molecule has 196 valence electrons. The Hall–Kier alpha value is -2.65. The number of sulfonamides is 1. The van der Waals surface area contributed by atoms with Gasteiger partial charge in [0.25, 0.3) is 0 Å². The molecule has 36 heavy (non-hydrogen) atoms. The predicted octanol–water partition coefficient (Wildman–Crippen LogP) is 4.50. The van der Waals surface area contributed by atoms with Crippen molar-refractivity contribution in [2.75, 3.05) is 17.1 Å². The zero-order valence-corrected chi connectivity index (χ0v) is 22.2. The van der Waals surface area contributed by atoms with E-state index >= 15 is 0 Å². The fraction of sp³-hybridized carbons (Fsp3) is 0.462. The van der Waals surface area contributed by atoms with E-state index in [1.54, 1.807) is 31.2 Å². The van der Waals surface area contributed by atoms with Crippen LogP contribution in [0.1, 0.15) is 51.0 Å². The van der Waals surface area contributed by atoms with Gasteiger partial charge in [-0.2, -0.15) is 0 Å². The number of hydrogen-bond acceptors (Lipinski definition) is 4. The molecule has 0 aromatic heterocycles. The Morgan fingerprint density at radius 3 is 2.33 bits per heavy atom. The van der Waals surface area contributed by atoms with Gasteiger partial charge in [0.05, 0.1) is 11.9 Å². The molecule has 2 aromatic carbocycles. The molecule has 1 fully saturated rings. The monoisotopic (exact) mass is 537 g/mol. The van der Waals surface area contributed by atoms with E-state index in [4.69, 9.17) is 11.6 Å². The van der Waals surface area contributed by atoms with Gasteiger partial charge < -0.3 is 10.2 Å². The summed E-state index contributed by atoms with van der Waals surface area (Å²) in [6.07, 6.45) is 6.21. The molecular formula is C26H33ClFN3O4S. The van der Waals surface area contributed by atoms with Crippen molar-refractivity contribution in [1.82, 2.24) is 10.2 Å². The SMILES string of the molecule is CCC(C(=O)NC1CCCCC1)N(Cc1ccccc1Cl)C(=O)CN(c1ccccc1F)S(C)(=O)=O. The first-order chi connectivity index (χ1) is 17.1. The van der Waals surface area contributed by atoms with Crippen molar-refractivity contribution < 1.29 is 22.4 Å². The standard InChI is InChI=1S/C26H33ClFN3O4S/c1-3-23(26(33)29-20-12-5-4-6-13-20)30(17-19-11-7-8-14-21(19)27)25(32)18-31(36(2,34)35)24-16-10-9-15-22(24)28/h7-11,14-16,20,23H,3-6,12-13,17-18H2,1-2H3,(H,29,33). The Morgan fingerprint density at radius 2 is 1.72 bits per heavy atom. The first-order valence-corrected chi connectivity index (χ1v) is 14.4. The van der Waals surface area contributed by atoms with Crippen LogP contribution in [0.4, 0.5) is 10.1 Å². The third kappa shape index (κ3) is 7.20. The lowest BCUT2D eigenvalue weighted by Crippen LogP contribution is -2.54. The minimum absolute atomic E-state index is 0.00394. The number of amides is 2. The molecule has 1 aliphatic rings. The van der Waals surface area contributed by atoms with E-state index in [1.165, 1.54) is 23.1 Å². The second-order valence-electron chi connectivity index (χ2n) is 9.10. The first kappa shape index (κ1) is 27.9. The predicted molar refractivity (Wildman–Crippen MR) is 140 cm³/mol. The number of nitrogens with one attached hydrogen (secondary N) is 1. The van der Waals surface area contributed by atoms with Gasteiger partial charge in [-0.15, -0.1) is 0 Å². The van der Waals surface area contributed by atoms with E-state index in [2.05, 4.69) is 5.32 Å². The zero-order valence-electron chi connectivity index (χ0n) is 20.6. The third-order valence-corrected chi connectivity index (χ3v) is 7.93. The van der Waals surface area contributed by atoms with Crippen LogP contribution in [0.3, 0.4) is 0 Å². The normalized spacial score (nSPS) is 15.2. The maximum Gasteiger partial charge on any atom is 0.244 e. The van der Waals surface area contributed by atoms with Gasteiger partial charge in [-0.3, -0.25) is 13.9 Å². The molecule has 2 aromatic rings. The molecule has 1 saturated carbocycles. The van der Waals surface area contributed by atoms with Crippen molar-refractivity contribution in [3.05, 3.63) is 64.9 Å². The molecule has 0 radical (unpaired) electrons. The Labute approximate surface area is 217 Å². The van der Waals surface area contributed by atoms with E-state index in [9.17, 15) is 22.4 Å². The number of hydrogen-bond donors (Lipinski definition) is 1. The van der Waals surface area contributed by atoms with Gasteiger partial charge in [-0.25, -0.2) is 12.8 Å². The second-order valence-corrected chi connectivity index (χ2v) is 11.4. The van der Waals surface area contributed by atoms with E-state index in [1.807, 2.05) is 0 Å². The van der Waals surface area contributed by atoms with E-state index in [0.29, 0.717) is 17.0 Å². The fourth-order valence-electron chi connectivity index (χ4n) is 4.52. The lowest BCUT2D eigenvalue weighted by atomic mass is 9.95. The van der Waals surface area contributed by atoms with Crippen LogP contribution in [0.15, 0.2) is 48.5 Å². The molecule has 1 unspecified atom stereocenters. The summed E-state index contributed by atoms with van der Waals surface area (Å²) >= 11 is 6.36. The third-order valence-electron chi connectivity index (χ3n) is 6.44. The number of carbonyl (C=O) groups excluding carboxylic acids is 2. The summed E-state index contributed by atoms with van der Waals surface area (Å²) in [6, 6.07) is 11.5. The molecule has 1 N–H and O–H groups in total. The lowest BCUT2D eigenvalue weighted by molar-refractivity contribution is -0.140. The molecule has 0 spiro atoms. The Bertz CT molecular complexity index is 1170. The van der Waals surface area contributed by atoms with Crippen molar-refractivity contribution in [3.63, 3.8) is 0 Å². The summed E-state index contributed by atoms with van der Waals surface area (Å²) in [7, 11) is -4.01. The molecule has 10 heteroatoms. The molecule has 1 atom stereocenters. The summed E-state index contributed by atoms with van der Waals surface area (Å²) in [5.41, 5.74) is 0.388. The molecule has 0 bridgehead atoms. The van der Waals surface area contributed by atoms with Crippen LogP contribution in [-0.2, 0) is 26.2 Å². The van der Waals surface area contributed by atoms with Gasteiger partial charge in [0.2, 0.25) is 21.8 Å². The molecule has 2 amide bonds. The molecule has 1 aliphatic carbocycles. The number of rotatable bonds is 10. The number of para-hydroxylation sites is 1. The second kappa shape index (κ2) is 12.5. The highest BCUT2D eigenvalue weighted by molar-refractivity contribution is 7.92.